The van der Waals surface area contributed by atoms with E-state index in [1.165, 1.54) is 0 Å². The molecule has 0 aromatic rings. The highest BCUT2D eigenvalue weighted by molar-refractivity contribution is 5.66. The lowest BCUT2D eigenvalue weighted by Crippen LogP contribution is -2.20. The molecule has 1 heterocycles. The number of aliphatic hydroxyl groups is 1. The number of ether oxygens (including phenoxy) is 1. The zero-order valence-corrected chi connectivity index (χ0v) is 12.2. The van der Waals surface area contributed by atoms with E-state index in [-0.39, 0.29) is 12.5 Å². The monoisotopic (exact) mass is 283 g/mol. The molecule has 0 saturated carbocycles. The number of carbonyl (C=O) groups is 1. The lowest BCUT2D eigenvalue weighted by molar-refractivity contribution is -0.137. The topological polar surface area (TPSA) is 74.4 Å². The first kappa shape index (κ1) is 16.9. The van der Waals surface area contributed by atoms with Crippen LogP contribution in [0.25, 0.3) is 4.85 Å². The van der Waals surface area contributed by atoms with Crippen molar-refractivity contribution in [2.45, 2.75) is 82.6 Å². The van der Waals surface area contributed by atoms with Crippen molar-refractivity contribution >= 4 is 5.97 Å². The van der Waals surface area contributed by atoms with Gasteiger partial charge < -0.3 is 10.2 Å². The van der Waals surface area contributed by atoms with E-state index in [9.17, 15) is 9.90 Å². The van der Waals surface area contributed by atoms with E-state index in [4.69, 9.17) is 16.4 Å². The molecular formula is C15H25NO4. The van der Waals surface area contributed by atoms with Gasteiger partial charge in [-0.3, -0.25) is 14.4 Å². The van der Waals surface area contributed by atoms with Gasteiger partial charge in [0.1, 0.15) is 0 Å². The number of carboxylic acids is 1. The number of unbranched alkanes of at least 4 members (excludes halogenated alkanes) is 6. The van der Waals surface area contributed by atoms with Crippen molar-refractivity contribution in [3.63, 3.8) is 0 Å². The predicted molar refractivity (Wildman–Crippen MR) is 75.1 cm³/mol. The van der Waals surface area contributed by atoms with E-state index in [1.807, 2.05) is 0 Å². The maximum Gasteiger partial charge on any atom is 0.363 e. The molecule has 20 heavy (non-hydrogen) atoms. The van der Waals surface area contributed by atoms with Crippen molar-refractivity contribution < 1.29 is 19.7 Å². The number of carboxylic acid groups (broad SMARTS) is 1. The van der Waals surface area contributed by atoms with Crippen LogP contribution in [0.3, 0.4) is 0 Å². The summed E-state index contributed by atoms with van der Waals surface area (Å²) in [5.41, 5.74) is -0.788. The summed E-state index contributed by atoms with van der Waals surface area (Å²) >= 11 is 0. The number of hydrogen-bond donors (Lipinski definition) is 2. The van der Waals surface area contributed by atoms with Gasteiger partial charge in [-0.05, 0) is 12.8 Å². The van der Waals surface area contributed by atoms with Crippen LogP contribution >= 0.6 is 0 Å². The Morgan fingerprint density at radius 2 is 1.80 bits per heavy atom. The molecule has 0 spiro atoms. The van der Waals surface area contributed by atoms with Crippen LogP contribution in [-0.4, -0.2) is 34.1 Å². The largest absolute Gasteiger partial charge is 0.481 e. The molecule has 0 aliphatic carbocycles. The first-order valence-corrected chi connectivity index (χ1v) is 7.46. The van der Waals surface area contributed by atoms with E-state index in [1.54, 1.807) is 6.92 Å². The average molecular weight is 283 g/mol. The Morgan fingerprint density at radius 1 is 1.25 bits per heavy atom. The standard InChI is InChI=1S/C15H25NO4/c1-15(16-2)14(20-15)12(17)10-8-6-4-3-5-7-9-11-13(18)19/h12,14,17H,3-11H2,1H3,(H,18,19)/t12-,14-,15-/m1/s1. The third-order valence-electron chi connectivity index (χ3n) is 3.80. The Kier molecular flexibility index (Phi) is 6.97. The fourth-order valence-corrected chi connectivity index (χ4v) is 2.41. The molecule has 0 amide bonds. The van der Waals surface area contributed by atoms with Crippen LogP contribution in [0.2, 0.25) is 0 Å². The van der Waals surface area contributed by atoms with E-state index in [0.29, 0.717) is 6.42 Å². The Labute approximate surface area is 120 Å². The number of nitrogens with zero attached hydrogens (tertiary/aromatic N) is 1. The number of hydrogen-bond acceptors (Lipinski definition) is 3. The van der Waals surface area contributed by atoms with Gasteiger partial charge in [-0.1, -0.05) is 38.5 Å². The molecule has 1 rings (SSSR count). The normalized spacial score (nSPS) is 25.9. The molecule has 0 radical (unpaired) electrons. The summed E-state index contributed by atoms with van der Waals surface area (Å²) in [6.45, 7) is 8.66. The number of aliphatic carboxylic acids is 1. The van der Waals surface area contributed by atoms with Crippen LogP contribution in [0.5, 0.6) is 0 Å². The minimum atomic E-state index is -0.788. The lowest BCUT2D eigenvalue weighted by atomic mass is 10.0. The minimum Gasteiger partial charge on any atom is -0.481 e. The molecule has 0 aromatic carbocycles. The molecular weight excluding hydrogens is 258 g/mol. The Hall–Kier alpha value is -1.12. The lowest BCUT2D eigenvalue weighted by Gasteiger charge is -2.06. The summed E-state index contributed by atoms with van der Waals surface area (Å²) in [4.78, 5) is 13.7. The van der Waals surface area contributed by atoms with Gasteiger partial charge in [0.15, 0.2) is 6.10 Å². The summed E-state index contributed by atoms with van der Waals surface area (Å²) in [6.07, 6.45) is 7.21. The smallest absolute Gasteiger partial charge is 0.363 e. The van der Waals surface area contributed by atoms with Gasteiger partial charge in [0, 0.05) is 13.3 Å². The zero-order chi connectivity index (χ0) is 15.0. The molecule has 1 aliphatic rings. The van der Waals surface area contributed by atoms with Crippen molar-refractivity contribution in [2.24, 2.45) is 0 Å². The van der Waals surface area contributed by atoms with Crippen LogP contribution < -0.4 is 0 Å². The first-order valence-electron chi connectivity index (χ1n) is 7.46. The molecule has 3 atom stereocenters. The molecule has 0 unspecified atom stereocenters. The maximum absolute atomic E-state index is 10.3. The molecule has 2 N–H and O–H groups in total. The highest BCUT2D eigenvalue weighted by atomic mass is 16.6. The third kappa shape index (κ3) is 5.89. The highest BCUT2D eigenvalue weighted by Crippen LogP contribution is 2.40. The van der Waals surface area contributed by atoms with E-state index in [2.05, 4.69) is 4.85 Å². The van der Waals surface area contributed by atoms with E-state index < -0.39 is 17.8 Å². The van der Waals surface area contributed by atoms with Crippen LogP contribution in [0.1, 0.15) is 64.7 Å². The van der Waals surface area contributed by atoms with Crippen molar-refractivity contribution in [1.29, 1.82) is 0 Å². The third-order valence-corrected chi connectivity index (χ3v) is 3.80. The van der Waals surface area contributed by atoms with Crippen LogP contribution in [-0.2, 0) is 9.53 Å². The van der Waals surface area contributed by atoms with E-state index in [0.717, 1.165) is 44.9 Å². The van der Waals surface area contributed by atoms with Gasteiger partial charge in [0.05, 0.1) is 6.10 Å². The van der Waals surface area contributed by atoms with Crippen LogP contribution in [0.15, 0.2) is 0 Å². The number of epoxide rings is 1. The fourth-order valence-electron chi connectivity index (χ4n) is 2.41. The van der Waals surface area contributed by atoms with Crippen LogP contribution in [0, 0.1) is 6.57 Å². The number of aliphatic hydroxyl groups excluding tert-OH is 1. The van der Waals surface area contributed by atoms with Crippen molar-refractivity contribution in [1.82, 2.24) is 0 Å². The number of rotatable bonds is 11. The first-order chi connectivity index (χ1) is 9.49. The molecule has 0 bridgehead atoms. The Morgan fingerprint density at radius 3 is 2.30 bits per heavy atom. The van der Waals surface area contributed by atoms with Crippen molar-refractivity contribution in [2.75, 3.05) is 0 Å². The molecule has 0 aromatic heterocycles. The molecule has 5 heteroatoms. The second kappa shape index (κ2) is 8.23. The van der Waals surface area contributed by atoms with Gasteiger partial charge in [0.25, 0.3) is 0 Å². The van der Waals surface area contributed by atoms with Gasteiger partial charge >= 0.3 is 11.7 Å². The van der Waals surface area contributed by atoms with Gasteiger partial charge in [0.2, 0.25) is 0 Å². The average Bonchev–Trinajstić information content (AvgIpc) is 3.09. The second-order valence-electron chi connectivity index (χ2n) is 5.68. The summed E-state index contributed by atoms with van der Waals surface area (Å²) in [6, 6.07) is 0. The quantitative estimate of drug-likeness (QED) is 0.347. The SMILES string of the molecule is [C-]#[N+][C@]1(C)O[C@@H]1[C@H](O)CCCCCCCCCC(=O)O. The summed E-state index contributed by atoms with van der Waals surface area (Å²) in [5.74, 6) is -0.715. The van der Waals surface area contributed by atoms with Crippen LogP contribution in [0.4, 0.5) is 0 Å². The minimum absolute atomic E-state index is 0.271. The summed E-state index contributed by atoms with van der Waals surface area (Å²) < 4.78 is 5.21. The summed E-state index contributed by atoms with van der Waals surface area (Å²) in [5, 5.41) is 18.3. The second-order valence-corrected chi connectivity index (χ2v) is 5.68. The highest BCUT2D eigenvalue weighted by Gasteiger charge is 2.64. The summed E-state index contributed by atoms with van der Waals surface area (Å²) in [7, 11) is 0. The Bertz CT molecular complexity index is 352. The zero-order valence-electron chi connectivity index (χ0n) is 12.2. The van der Waals surface area contributed by atoms with Gasteiger partial charge in [-0.2, -0.15) is 0 Å². The van der Waals surface area contributed by atoms with Crippen molar-refractivity contribution in [3.8, 4) is 0 Å². The molecule has 114 valence electrons. The maximum atomic E-state index is 10.3. The Balaban J connectivity index is 1.88. The predicted octanol–water partition coefficient (Wildman–Crippen LogP) is 2.98. The van der Waals surface area contributed by atoms with Gasteiger partial charge in [-0.25, -0.2) is 6.57 Å². The molecule has 1 saturated heterocycles. The fraction of sp³-hybridized carbons (Fsp3) is 0.867. The van der Waals surface area contributed by atoms with E-state index >= 15 is 0 Å². The molecule has 5 nitrogen and oxygen atoms in total. The van der Waals surface area contributed by atoms with Crippen molar-refractivity contribution in [3.05, 3.63) is 11.4 Å². The van der Waals surface area contributed by atoms with Gasteiger partial charge in [-0.15, -0.1) is 0 Å². The molecule has 1 aliphatic heterocycles. The molecule has 1 fully saturated rings.